The molecule has 0 fully saturated rings. The van der Waals surface area contributed by atoms with Gasteiger partial charge in [0.2, 0.25) is 5.91 Å². The van der Waals surface area contributed by atoms with Gasteiger partial charge < -0.3 is 10.4 Å². The van der Waals surface area contributed by atoms with Gasteiger partial charge in [-0.25, -0.2) is 4.39 Å². The van der Waals surface area contributed by atoms with Gasteiger partial charge in [0, 0.05) is 11.4 Å². The van der Waals surface area contributed by atoms with Crippen LogP contribution in [0.5, 0.6) is 0 Å². The lowest BCUT2D eigenvalue weighted by molar-refractivity contribution is -0.118. The molecule has 22 heavy (non-hydrogen) atoms. The molecule has 2 aromatic rings. The molecule has 1 atom stereocenters. The molecular formula is C17H18FNO2S. The maximum Gasteiger partial charge on any atom is 0.230 e. The van der Waals surface area contributed by atoms with Crippen LogP contribution in [0.4, 0.5) is 4.39 Å². The Morgan fingerprint density at radius 2 is 1.82 bits per heavy atom. The Labute approximate surface area is 133 Å². The molecule has 1 unspecified atom stereocenters. The molecule has 116 valence electrons. The van der Waals surface area contributed by atoms with Crippen molar-refractivity contribution in [2.24, 2.45) is 0 Å². The van der Waals surface area contributed by atoms with Crippen LogP contribution in [0.15, 0.2) is 59.5 Å². The van der Waals surface area contributed by atoms with E-state index < -0.39 is 6.10 Å². The fourth-order valence-corrected chi connectivity index (χ4v) is 2.72. The fourth-order valence-electron chi connectivity index (χ4n) is 1.95. The molecule has 2 aromatic carbocycles. The summed E-state index contributed by atoms with van der Waals surface area (Å²) in [6, 6.07) is 15.7. The van der Waals surface area contributed by atoms with Crippen molar-refractivity contribution < 1.29 is 14.3 Å². The highest BCUT2D eigenvalue weighted by molar-refractivity contribution is 8.00. The lowest BCUT2D eigenvalue weighted by atomic mass is 10.1. The summed E-state index contributed by atoms with van der Waals surface area (Å²) in [7, 11) is 0. The number of halogens is 1. The molecule has 0 aliphatic rings. The molecule has 0 spiro atoms. The lowest BCUT2D eigenvalue weighted by Gasteiger charge is -2.11. The maximum absolute atomic E-state index is 13.4. The first kappa shape index (κ1) is 16.5. The standard InChI is InChI=1S/C17H18FNO2S/c18-14-8-4-5-9-16(14)22-12-17(21)19-11-10-15(20)13-6-2-1-3-7-13/h1-9,15,20H,10-12H2,(H,19,21). The Morgan fingerprint density at radius 3 is 2.55 bits per heavy atom. The zero-order chi connectivity index (χ0) is 15.8. The van der Waals surface area contributed by atoms with Gasteiger partial charge in [0.25, 0.3) is 0 Å². The molecule has 0 aromatic heterocycles. The van der Waals surface area contributed by atoms with E-state index in [-0.39, 0.29) is 17.5 Å². The van der Waals surface area contributed by atoms with Crippen LogP contribution in [-0.4, -0.2) is 23.3 Å². The lowest BCUT2D eigenvalue weighted by Crippen LogP contribution is -2.27. The van der Waals surface area contributed by atoms with Crippen molar-refractivity contribution >= 4 is 17.7 Å². The number of carbonyl (C=O) groups excluding carboxylic acids is 1. The first-order chi connectivity index (χ1) is 10.7. The van der Waals surface area contributed by atoms with Crippen LogP contribution in [0.1, 0.15) is 18.1 Å². The molecule has 0 radical (unpaired) electrons. The quantitative estimate of drug-likeness (QED) is 0.771. The monoisotopic (exact) mass is 319 g/mol. The predicted molar refractivity (Wildman–Crippen MR) is 86.2 cm³/mol. The van der Waals surface area contributed by atoms with E-state index in [1.165, 1.54) is 6.07 Å². The Hall–Kier alpha value is -1.85. The number of carbonyl (C=O) groups is 1. The Morgan fingerprint density at radius 1 is 1.14 bits per heavy atom. The third kappa shape index (κ3) is 5.16. The van der Waals surface area contributed by atoms with E-state index in [1.54, 1.807) is 18.2 Å². The van der Waals surface area contributed by atoms with Crippen molar-refractivity contribution in [3.63, 3.8) is 0 Å². The van der Waals surface area contributed by atoms with Crippen LogP contribution < -0.4 is 5.32 Å². The van der Waals surface area contributed by atoms with Crippen molar-refractivity contribution in [2.75, 3.05) is 12.3 Å². The van der Waals surface area contributed by atoms with Gasteiger partial charge in [-0.15, -0.1) is 11.8 Å². The van der Waals surface area contributed by atoms with Crippen molar-refractivity contribution in [3.05, 3.63) is 66.0 Å². The first-order valence-electron chi connectivity index (χ1n) is 7.04. The van der Waals surface area contributed by atoms with Crippen LogP contribution in [-0.2, 0) is 4.79 Å². The zero-order valence-electron chi connectivity index (χ0n) is 12.0. The number of hydrogen-bond acceptors (Lipinski definition) is 3. The molecule has 0 saturated carbocycles. The van der Waals surface area contributed by atoms with Gasteiger partial charge in [-0.1, -0.05) is 42.5 Å². The van der Waals surface area contributed by atoms with E-state index in [2.05, 4.69) is 5.32 Å². The minimum absolute atomic E-state index is 0.155. The smallest absolute Gasteiger partial charge is 0.230 e. The molecule has 0 saturated heterocycles. The number of benzene rings is 2. The van der Waals surface area contributed by atoms with E-state index in [1.807, 2.05) is 30.3 Å². The molecule has 0 heterocycles. The molecule has 5 heteroatoms. The summed E-state index contributed by atoms with van der Waals surface area (Å²) in [4.78, 5) is 12.2. The first-order valence-corrected chi connectivity index (χ1v) is 8.02. The molecule has 2 N–H and O–H groups in total. The van der Waals surface area contributed by atoms with Gasteiger partial charge in [0.15, 0.2) is 0 Å². The van der Waals surface area contributed by atoms with E-state index >= 15 is 0 Å². The van der Waals surface area contributed by atoms with Gasteiger partial charge in [0.05, 0.1) is 11.9 Å². The number of aliphatic hydroxyl groups is 1. The number of aliphatic hydroxyl groups excluding tert-OH is 1. The van der Waals surface area contributed by atoms with Crippen molar-refractivity contribution in [1.29, 1.82) is 0 Å². The number of amides is 1. The van der Waals surface area contributed by atoms with Gasteiger partial charge in [-0.2, -0.15) is 0 Å². The number of thioether (sulfide) groups is 1. The minimum atomic E-state index is -0.597. The predicted octanol–water partition coefficient (Wildman–Crippen LogP) is 3.16. The van der Waals surface area contributed by atoms with Gasteiger partial charge in [-0.05, 0) is 24.1 Å². The van der Waals surface area contributed by atoms with Crippen LogP contribution in [0, 0.1) is 5.82 Å². The summed E-state index contributed by atoms with van der Waals surface area (Å²) in [6.07, 6.45) is -0.152. The summed E-state index contributed by atoms with van der Waals surface area (Å²) in [6.45, 7) is 0.382. The topological polar surface area (TPSA) is 49.3 Å². The molecule has 0 aliphatic carbocycles. The molecule has 0 aliphatic heterocycles. The van der Waals surface area contributed by atoms with Crippen LogP contribution in [0.2, 0.25) is 0 Å². The summed E-state index contributed by atoms with van der Waals surface area (Å²) in [5, 5.41) is 12.7. The number of rotatable bonds is 7. The second-order valence-electron chi connectivity index (χ2n) is 4.78. The third-order valence-corrected chi connectivity index (χ3v) is 4.17. The SMILES string of the molecule is O=C(CSc1ccccc1F)NCCC(O)c1ccccc1. The molecule has 0 bridgehead atoms. The van der Waals surface area contributed by atoms with Gasteiger partial charge in [-0.3, -0.25) is 4.79 Å². The van der Waals surface area contributed by atoms with Gasteiger partial charge in [0.1, 0.15) is 5.82 Å². The number of nitrogens with one attached hydrogen (secondary N) is 1. The Bertz CT molecular complexity index is 607. The van der Waals surface area contributed by atoms with Crippen LogP contribution in [0.25, 0.3) is 0 Å². The van der Waals surface area contributed by atoms with E-state index in [9.17, 15) is 14.3 Å². The van der Waals surface area contributed by atoms with Gasteiger partial charge >= 0.3 is 0 Å². The highest BCUT2D eigenvalue weighted by Gasteiger charge is 2.09. The summed E-state index contributed by atoms with van der Waals surface area (Å²) in [5.41, 5.74) is 0.831. The van der Waals surface area contributed by atoms with E-state index in [4.69, 9.17) is 0 Å². The van der Waals surface area contributed by atoms with Crippen LogP contribution >= 0.6 is 11.8 Å². The average Bonchev–Trinajstić information content (AvgIpc) is 2.55. The molecular weight excluding hydrogens is 301 g/mol. The Balaban J connectivity index is 1.69. The van der Waals surface area contributed by atoms with Crippen molar-refractivity contribution in [2.45, 2.75) is 17.4 Å². The summed E-state index contributed by atoms with van der Waals surface area (Å²) < 4.78 is 13.4. The highest BCUT2D eigenvalue weighted by atomic mass is 32.2. The second kappa shape index (κ2) is 8.56. The summed E-state index contributed by atoms with van der Waals surface area (Å²) >= 11 is 1.16. The molecule has 3 nitrogen and oxygen atoms in total. The highest BCUT2D eigenvalue weighted by Crippen LogP contribution is 2.20. The average molecular weight is 319 g/mol. The molecule has 2 rings (SSSR count). The summed E-state index contributed by atoms with van der Waals surface area (Å²) in [5.74, 6) is -0.337. The van der Waals surface area contributed by atoms with Crippen LogP contribution in [0.3, 0.4) is 0 Å². The zero-order valence-corrected chi connectivity index (χ0v) is 12.9. The number of hydrogen-bond donors (Lipinski definition) is 2. The van der Waals surface area contributed by atoms with E-state index in [0.717, 1.165) is 17.3 Å². The normalized spacial score (nSPS) is 11.9. The Kier molecular flexibility index (Phi) is 6.43. The van der Waals surface area contributed by atoms with Crippen molar-refractivity contribution in [3.8, 4) is 0 Å². The van der Waals surface area contributed by atoms with E-state index in [0.29, 0.717) is 17.9 Å². The minimum Gasteiger partial charge on any atom is -0.388 e. The maximum atomic E-state index is 13.4. The second-order valence-corrected chi connectivity index (χ2v) is 5.80. The largest absolute Gasteiger partial charge is 0.388 e. The van der Waals surface area contributed by atoms with Crippen molar-refractivity contribution in [1.82, 2.24) is 5.32 Å². The molecule has 1 amide bonds. The fraction of sp³-hybridized carbons (Fsp3) is 0.235. The third-order valence-electron chi connectivity index (χ3n) is 3.12.